The number of ether oxygens (including phenoxy) is 2. The van der Waals surface area contributed by atoms with E-state index in [0.717, 1.165) is 0 Å². The second kappa shape index (κ2) is 7.60. The zero-order valence-electron chi connectivity index (χ0n) is 13.7. The lowest BCUT2D eigenvalue weighted by Crippen LogP contribution is -2.40. The van der Waals surface area contributed by atoms with Crippen molar-refractivity contribution in [3.05, 3.63) is 0 Å². The van der Waals surface area contributed by atoms with Gasteiger partial charge in [0, 0.05) is 0 Å². The van der Waals surface area contributed by atoms with Crippen LogP contribution in [0.3, 0.4) is 0 Å². The molecule has 0 aliphatic heterocycles. The van der Waals surface area contributed by atoms with Crippen molar-refractivity contribution in [1.82, 2.24) is 0 Å². The van der Waals surface area contributed by atoms with Gasteiger partial charge >= 0.3 is 24.3 Å². The molecule has 0 aliphatic carbocycles. The summed E-state index contributed by atoms with van der Waals surface area (Å²) in [6.07, 6.45) is -9.71. The molecule has 142 valence electrons. The van der Waals surface area contributed by atoms with Crippen LogP contribution < -0.4 is 0 Å². The molecule has 0 rings (SSSR count). The van der Waals surface area contributed by atoms with Crippen LogP contribution in [0, 0.1) is 10.8 Å². The first-order valence-corrected chi connectivity index (χ1v) is 7.00. The van der Waals surface area contributed by atoms with E-state index in [2.05, 4.69) is 9.47 Å². The Balaban J connectivity index is 4.98. The molecular weight excluding hydrogens is 346 g/mol. The summed E-state index contributed by atoms with van der Waals surface area (Å²) in [7, 11) is 0. The number of rotatable bonds is 7. The fourth-order valence-corrected chi connectivity index (χ4v) is 2.05. The largest absolute Gasteiger partial charge is 0.456 e. The average Bonchev–Trinajstić information content (AvgIpc) is 2.39. The number of alkyl halides is 6. The van der Waals surface area contributed by atoms with Gasteiger partial charge in [-0.2, -0.15) is 26.3 Å². The molecule has 24 heavy (non-hydrogen) atoms. The zero-order chi connectivity index (χ0) is 19.4. The highest BCUT2D eigenvalue weighted by atomic mass is 19.4. The van der Waals surface area contributed by atoms with Gasteiger partial charge in [-0.15, -0.1) is 0 Å². The van der Waals surface area contributed by atoms with Crippen LogP contribution in [0.15, 0.2) is 0 Å². The van der Waals surface area contributed by atoms with E-state index < -0.39 is 48.3 Å². The average molecular weight is 366 g/mol. The molecule has 0 amide bonds. The van der Waals surface area contributed by atoms with Gasteiger partial charge in [-0.05, 0) is 33.6 Å². The molecule has 1 atom stereocenters. The molecule has 0 saturated heterocycles. The lowest BCUT2D eigenvalue weighted by Gasteiger charge is -2.33. The molecule has 0 bridgehead atoms. The summed E-state index contributed by atoms with van der Waals surface area (Å²) in [5, 5.41) is 0. The highest BCUT2D eigenvalue weighted by molar-refractivity contribution is 5.80. The van der Waals surface area contributed by atoms with E-state index in [1.165, 1.54) is 27.7 Å². The van der Waals surface area contributed by atoms with E-state index in [-0.39, 0.29) is 12.8 Å². The second-order valence-corrected chi connectivity index (χ2v) is 6.36. The molecule has 0 radical (unpaired) electrons. The van der Waals surface area contributed by atoms with Gasteiger partial charge in [0.25, 0.3) is 0 Å². The summed E-state index contributed by atoms with van der Waals surface area (Å²) in [5.41, 5.74) is -3.00. The van der Waals surface area contributed by atoms with Crippen LogP contribution in [0.2, 0.25) is 0 Å². The lowest BCUT2D eigenvalue weighted by atomic mass is 9.72. The third kappa shape index (κ3) is 7.87. The normalized spacial score (nSPS) is 15.6. The standard InChI is InChI=1S/C14H20F6O4/c1-5-12(4,10(22)24-8-14(18,19)20)6-11(2,3)9(21)23-7-13(15,16)17/h5-8H2,1-4H3. The van der Waals surface area contributed by atoms with Crippen LogP contribution in [0.1, 0.15) is 40.5 Å². The minimum Gasteiger partial charge on any atom is -0.456 e. The third-order valence-corrected chi connectivity index (χ3v) is 3.39. The maximum Gasteiger partial charge on any atom is 0.422 e. The van der Waals surface area contributed by atoms with Crippen LogP contribution in [0.4, 0.5) is 26.3 Å². The van der Waals surface area contributed by atoms with Gasteiger partial charge in [-0.3, -0.25) is 9.59 Å². The smallest absolute Gasteiger partial charge is 0.422 e. The molecule has 0 saturated carbocycles. The molecule has 0 aliphatic rings. The molecule has 10 heteroatoms. The van der Waals surface area contributed by atoms with Crippen molar-refractivity contribution in [1.29, 1.82) is 0 Å². The molecule has 0 spiro atoms. The van der Waals surface area contributed by atoms with Crippen molar-refractivity contribution in [3.63, 3.8) is 0 Å². The summed E-state index contributed by atoms with van der Waals surface area (Å²) >= 11 is 0. The van der Waals surface area contributed by atoms with Crippen LogP contribution >= 0.6 is 0 Å². The SMILES string of the molecule is CCC(C)(CC(C)(C)C(=O)OCC(F)(F)F)C(=O)OCC(F)(F)F. The molecule has 0 aromatic heterocycles. The fourth-order valence-electron chi connectivity index (χ4n) is 2.05. The number of halogens is 6. The number of carbonyl (C=O) groups is 2. The monoisotopic (exact) mass is 366 g/mol. The summed E-state index contributed by atoms with van der Waals surface area (Å²) in [6.45, 7) is 1.71. The quantitative estimate of drug-likeness (QED) is 0.504. The van der Waals surface area contributed by atoms with Crippen molar-refractivity contribution >= 4 is 11.9 Å². The van der Waals surface area contributed by atoms with Gasteiger partial charge in [0.2, 0.25) is 0 Å². The van der Waals surface area contributed by atoms with Gasteiger partial charge in [0.05, 0.1) is 10.8 Å². The van der Waals surface area contributed by atoms with E-state index in [1.54, 1.807) is 0 Å². The number of carbonyl (C=O) groups excluding carboxylic acids is 2. The van der Waals surface area contributed by atoms with E-state index in [1.807, 2.05) is 0 Å². The highest BCUT2D eigenvalue weighted by Crippen LogP contribution is 2.39. The fraction of sp³-hybridized carbons (Fsp3) is 0.857. The molecule has 4 nitrogen and oxygen atoms in total. The predicted octanol–water partition coefficient (Wildman–Crippen LogP) is 4.03. The molecule has 1 unspecified atom stereocenters. The van der Waals surface area contributed by atoms with Gasteiger partial charge in [-0.25, -0.2) is 0 Å². The van der Waals surface area contributed by atoms with Crippen molar-refractivity contribution in [2.45, 2.75) is 52.9 Å². The van der Waals surface area contributed by atoms with E-state index in [0.29, 0.717) is 0 Å². The molecule has 0 heterocycles. The molecule has 0 N–H and O–H groups in total. The maximum atomic E-state index is 12.1. The Morgan fingerprint density at radius 3 is 1.50 bits per heavy atom. The number of esters is 2. The zero-order valence-corrected chi connectivity index (χ0v) is 13.7. The van der Waals surface area contributed by atoms with Gasteiger partial charge < -0.3 is 9.47 Å². The minimum absolute atomic E-state index is 0.0275. The summed E-state index contributed by atoms with van der Waals surface area (Å²) in [4.78, 5) is 23.7. The van der Waals surface area contributed by atoms with Crippen LogP contribution in [0.25, 0.3) is 0 Å². The molecule has 0 aromatic rings. The molecule has 0 fully saturated rings. The second-order valence-electron chi connectivity index (χ2n) is 6.36. The van der Waals surface area contributed by atoms with E-state index >= 15 is 0 Å². The van der Waals surface area contributed by atoms with E-state index in [4.69, 9.17) is 0 Å². The topological polar surface area (TPSA) is 52.6 Å². The highest BCUT2D eigenvalue weighted by Gasteiger charge is 2.45. The van der Waals surface area contributed by atoms with Crippen molar-refractivity contribution in [2.24, 2.45) is 10.8 Å². The number of hydrogen-bond donors (Lipinski definition) is 0. The van der Waals surface area contributed by atoms with Crippen molar-refractivity contribution in [3.8, 4) is 0 Å². The Morgan fingerprint density at radius 1 is 0.792 bits per heavy atom. The Morgan fingerprint density at radius 2 is 1.17 bits per heavy atom. The summed E-state index contributed by atoms with van der Waals surface area (Å²) in [6, 6.07) is 0. The lowest BCUT2D eigenvalue weighted by molar-refractivity contribution is -0.198. The van der Waals surface area contributed by atoms with Crippen LogP contribution in [-0.4, -0.2) is 37.5 Å². The Labute approximate surface area is 135 Å². The van der Waals surface area contributed by atoms with Gasteiger partial charge in [-0.1, -0.05) is 6.92 Å². The Kier molecular flexibility index (Phi) is 7.14. The third-order valence-electron chi connectivity index (χ3n) is 3.39. The van der Waals surface area contributed by atoms with E-state index in [9.17, 15) is 35.9 Å². The molecular formula is C14H20F6O4. The molecule has 0 aromatic carbocycles. The Bertz CT molecular complexity index is 455. The number of hydrogen-bond acceptors (Lipinski definition) is 4. The summed E-state index contributed by atoms with van der Waals surface area (Å²) in [5.74, 6) is -2.39. The van der Waals surface area contributed by atoms with Crippen molar-refractivity contribution in [2.75, 3.05) is 13.2 Å². The summed E-state index contributed by atoms with van der Waals surface area (Å²) < 4.78 is 81.0. The maximum absolute atomic E-state index is 12.1. The van der Waals surface area contributed by atoms with Crippen LogP contribution in [0.5, 0.6) is 0 Å². The van der Waals surface area contributed by atoms with Crippen molar-refractivity contribution < 1.29 is 45.4 Å². The predicted molar refractivity (Wildman–Crippen MR) is 70.8 cm³/mol. The first-order valence-electron chi connectivity index (χ1n) is 7.00. The van der Waals surface area contributed by atoms with Crippen LogP contribution in [-0.2, 0) is 19.1 Å². The van der Waals surface area contributed by atoms with Gasteiger partial charge in [0.15, 0.2) is 13.2 Å². The first kappa shape index (κ1) is 22.5. The Hall–Kier alpha value is -1.48. The minimum atomic E-state index is -4.70. The first-order chi connectivity index (χ1) is 10.5. The van der Waals surface area contributed by atoms with Gasteiger partial charge in [0.1, 0.15) is 0 Å².